The Morgan fingerprint density at radius 3 is 2.04 bits per heavy atom. The Hall–Kier alpha value is 0.920. The largest absolute Gasteiger partial charge is 0.506 e. The molecule has 0 saturated heterocycles. The molecule has 0 saturated carbocycles. The third kappa shape index (κ3) is 5.71. The van der Waals surface area contributed by atoms with Crippen LogP contribution in [0.15, 0.2) is 24.3 Å². The molecule has 0 spiro atoms. The van der Waals surface area contributed by atoms with Crippen molar-refractivity contribution < 1.29 is 9.84 Å². The molecular weight excluding hydrogens is 758 g/mol. The third-order valence-electron chi connectivity index (χ3n) is 3.36. The molecule has 0 aliphatic rings. The van der Waals surface area contributed by atoms with E-state index in [1.165, 1.54) is 5.56 Å². The van der Waals surface area contributed by atoms with Crippen molar-refractivity contribution in [2.24, 2.45) is 0 Å². The summed E-state index contributed by atoms with van der Waals surface area (Å²) in [6, 6.07) is 8.52. The molecule has 24 heavy (non-hydrogen) atoms. The summed E-state index contributed by atoms with van der Waals surface area (Å²) in [7, 11) is 0. The van der Waals surface area contributed by atoms with Gasteiger partial charge in [-0.05, 0) is 140 Å². The third-order valence-corrected chi connectivity index (χ3v) is 6.61. The molecule has 0 aliphatic carbocycles. The van der Waals surface area contributed by atoms with Crippen molar-refractivity contribution in [2.45, 2.75) is 26.3 Å². The minimum Gasteiger partial charge on any atom is -0.506 e. The summed E-state index contributed by atoms with van der Waals surface area (Å²) in [6.45, 7) is 5.31. The summed E-state index contributed by atoms with van der Waals surface area (Å²) >= 11 is 8.89. The first kappa shape index (κ1) is 21.2. The molecule has 130 valence electrons. The van der Waals surface area contributed by atoms with Crippen LogP contribution in [0.3, 0.4) is 0 Å². The van der Waals surface area contributed by atoms with E-state index in [0.717, 1.165) is 38.7 Å². The van der Waals surface area contributed by atoms with Gasteiger partial charge in [0.15, 0.2) is 5.75 Å². The van der Waals surface area contributed by atoms with Crippen molar-refractivity contribution in [1.29, 1.82) is 0 Å². The molecule has 2 rings (SSSR count). The fourth-order valence-electron chi connectivity index (χ4n) is 2.32. The first-order valence-corrected chi connectivity index (χ1v) is 11.7. The average Bonchev–Trinajstić information content (AvgIpc) is 2.48. The number of ether oxygens (including phenoxy) is 1. The Morgan fingerprint density at radius 2 is 1.54 bits per heavy atom. The van der Waals surface area contributed by atoms with Crippen LogP contribution in [0.1, 0.15) is 19.4 Å². The molecule has 2 N–H and O–H groups in total. The van der Waals surface area contributed by atoms with Crippen LogP contribution in [0.4, 0.5) is 0 Å². The van der Waals surface area contributed by atoms with Crippen molar-refractivity contribution in [3.8, 4) is 17.2 Å². The van der Waals surface area contributed by atoms with Gasteiger partial charge in [-0.1, -0.05) is 6.92 Å². The van der Waals surface area contributed by atoms with E-state index >= 15 is 0 Å². The fraction of sp³-hybridized carbons (Fsp3) is 0.294. The highest BCUT2D eigenvalue weighted by Crippen LogP contribution is 2.36. The summed E-state index contributed by atoms with van der Waals surface area (Å²) in [6.07, 6.45) is 0.995. The molecule has 0 aliphatic heterocycles. The second kappa shape index (κ2) is 9.74. The zero-order valence-electron chi connectivity index (χ0n) is 13.2. The van der Waals surface area contributed by atoms with Crippen LogP contribution in [0.2, 0.25) is 0 Å². The molecule has 1 atom stereocenters. The summed E-state index contributed by atoms with van der Waals surface area (Å²) < 4.78 is 9.88. The minimum atomic E-state index is 0.306. The van der Waals surface area contributed by atoms with E-state index in [-0.39, 0.29) is 0 Å². The number of likely N-dealkylation sites (N-methyl/N-ethyl adjacent to an activating group) is 1. The molecular formula is C17H17I4NO2. The Labute approximate surface area is 197 Å². The van der Waals surface area contributed by atoms with Gasteiger partial charge in [0.05, 0.1) is 14.3 Å². The SMILES string of the molecule is CCNC(C)Cc1cc(I)c(Oc2cc(I)c(O)c(I)c2)c(I)c1. The number of nitrogens with one attached hydrogen (secondary N) is 1. The van der Waals surface area contributed by atoms with Crippen LogP contribution in [-0.4, -0.2) is 17.7 Å². The number of rotatable bonds is 6. The number of hydrogen-bond acceptors (Lipinski definition) is 3. The standard InChI is InChI=1S/C17H17I4NO2/c1-3-22-9(2)4-10-5-14(20)17(15(21)6-10)24-11-7-12(18)16(23)13(19)8-11/h5-9,22-23H,3-4H2,1-2H3. The van der Waals surface area contributed by atoms with E-state index in [0.29, 0.717) is 11.8 Å². The lowest BCUT2D eigenvalue weighted by Crippen LogP contribution is -2.27. The van der Waals surface area contributed by atoms with Gasteiger partial charge >= 0.3 is 0 Å². The first-order chi connectivity index (χ1) is 11.3. The number of phenolic OH excluding ortho intramolecular Hbond substituents is 1. The van der Waals surface area contributed by atoms with Gasteiger partial charge in [0.1, 0.15) is 11.5 Å². The lowest BCUT2D eigenvalue weighted by atomic mass is 10.1. The molecule has 0 heterocycles. The molecule has 1 unspecified atom stereocenters. The number of halogens is 4. The maximum Gasteiger partial charge on any atom is 0.154 e. The normalized spacial score (nSPS) is 12.2. The molecule has 3 nitrogen and oxygen atoms in total. The van der Waals surface area contributed by atoms with Gasteiger partial charge in [-0.25, -0.2) is 0 Å². The molecule has 7 heteroatoms. The van der Waals surface area contributed by atoms with Gasteiger partial charge < -0.3 is 15.2 Å². The van der Waals surface area contributed by atoms with E-state index in [1.54, 1.807) is 0 Å². The van der Waals surface area contributed by atoms with Gasteiger partial charge in [-0.2, -0.15) is 0 Å². The summed E-state index contributed by atoms with van der Waals surface area (Å²) in [5, 5.41) is 13.3. The second-order valence-electron chi connectivity index (χ2n) is 5.39. The lowest BCUT2D eigenvalue weighted by Gasteiger charge is -2.16. The maximum absolute atomic E-state index is 9.89. The van der Waals surface area contributed by atoms with Crippen LogP contribution in [0, 0.1) is 14.3 Å². The molecule has 2 aromatic carbocycles. The molecule has 2 aromatic rings. The molecule has 0 radical (unpaired) electrons. The van der Waals surface area contributed by atoms with Crippen LogP contribution in [-0.2, 0) is 6.42 Å². The topological polar surface area (TPSA) is 41.5 Å². The zero-order chi connectivity index (χ0) is 17.9. The van der Waals surface area contributed by atoms with Crippen molar-refractivity contribution in [3.63, 3.8) is 0 Å². The Morgan fingerprint density at radius 1 is 1.00 bits per heavy atom. The predicted octanol–water partition coefficient (Wildman–Crippen LogP) is 6.14. The smallest absolute Gasteiger partial charge is 0.154 e. The summed E-state index contributed by atoms with van der Waals surface area (Å²) in [4.78, 5) is 0. The molecule has 0 aromatic heterocycles. The summed E-state index contributed by atoms with van der Waals surface area (Å²) in [5.41, 5.74) is 1.31. The second-order valence-corrected chi connectivity index (χ2v) is 10.0. The van der Waals surface area contributed by atoms with Gasteiger partial charge in [-0.3, -0.25) is 0 Å². The van der Waals surface area contributed by atoms with E-state index in [1.807, 2.05) is 12.1 Å². The highest BCUT2D eigenvalue weighted by molar-refractivity contribution is 14.1. The summed E-state index contributed by atoms with van der Waals surface area (Å²) in [5.74, 6) is 1.92. The predicted molar refractivity (Wildman–Crippen MR) is 132 cm³/mol. The number of aromatic hydroxyl groups is 1. The first-order valence-electron chi connectivity index (χ1n) is 7.39. The highest BCUT2D eigenvalue weighted by Gasteiger charge is 2.14. The van der Waals surface area contributed by atoms with Crippen LogP contribution in [0.5, 0.6) is 17.2 Å². The van der Waals surface area contributed by atoms with Crippen molar-refractivity contribution in [1.82, 2.24) is 5.32 Å². The Bertz CT molecular complexity index is 691. The number of phenols is 1. The van der Waals surface area contributed by atoms with Crippen molar-refractivity contribution in [2.75, 3.05) is 6.54 Å². The maximum atomic E-state index is 9.89. The van der Waals surface area contributed by atoms with Crippen molar-refractivity contribution >= 4 is 90.4 Å². The van der Waals surface area contributed by atoms with Gasteiger partial charge in [-0.15, -0.1) is 0 Å². The molecule has 0 bridgehead atoms. The van der Waals surface area contributed by atoms with Crippen LogP contribution in [0.25, 0.3) is 0 Å². The number of benzene rings is 2. The van der Waals surface area contributed by atoms with E-state index in [2.05, 4.69) is 122 Å². The van der Waals surface area contributed by atoms with Gasteiger partial charge in [0, 0.05) is 6.04 Å². The number of hydrogen-bond donors (Lipinski definition) is 2. The monoisotopic (exact) mass is 775 g/mol. The zero-order valence-corrected chi connectivity index (χ0v) is 21.8. The minimum absolute atomic E-state index is 0.306. The molecule has 0 fully saturated rings. The van der Waals surface area contributed by atoms with E-state index < -0.39 is 0 Å². The lowest BCUT2D eigenvalue weighted by molar-refractivity contribution is 0.454. The van der Waals surface area contributed by atoms with Gasteiger partial charge in [0.2, 0.25) is 0 Å². The van der Waals surface area contributed by atoms with Crippen LogP contribution >= 0.6 is 90.4 Å². The van der Waals surface area contributed by atoms with E-state index in [9.17, 15) is 5.11 Å². The fourth-order valence-corrected chi connectivity index (χ4v) is 6.15. The Balaban J connectivity index is 2.25. The highest BCUT2D eigenvalue weighted by atomic mass is 127. The van der Waals surface area contributed by atoms with E-state index in [4.69, 9.17) is 4.74 Å². The van der Waals surface area contributed by atoms with Crippen molar-refractivity contribution in [3.05, 3.63) is 44.1 Å². The quantitative estimate of drug-likeness (QED) is 0.347. The van der Waals surface area contributed by atoms with Gasteiger partial charge in [0.25, 0.3) is 0 Å². The molecule has 0 amide bonds. The van der Waals surface area contributed by atoms with Crippen LogP contribution < -0.4 is 10.1 Å². The Kier molecular flexibility index (Phi) is 8.61. The average molecular weight is 775 g/mol.